The van der Waals surface area contributed by atoms with Crippen molar-refractivity contribution in [3.63, 3.8) is 0 Å². The van der Waals surface area contributed by atoms with Crippen LogP contribution in [0.3, 0.4) is 0 Å². The Kier molecular flexibility index (Phi) is 10.9. The van der Waals surface area contributed by atoms with E-state index < -0.39 is 17.7 Å². The van der Waals surface area contributed by atoms with Crippen molar-refractivity contribution in [1.82, 2.24) is 5.32 Å². The predicted octanol–water partition coefficient (Wildman–Crippen LogP) is 6.04. The van der Waals surface area contributed by atoms with Crippen LogP contribution in [0.15, 0.2) is 18.2 Å². The number of carbonyl (C=O) groups excluding carboxylic acids is 1. The van der Waals surface area contributed by atoms with Gasteiger partial charge in [0.1, 0.15) is 12.7 Å². The van der Waals surface area contributed by atoms with E-state index in [9.17, 15) is 4.79 Å². The third-order valence-electron chi connectivity index (χ3n) is 7.83. The van der Waals surface area contributed by atoms with Crippen molar-refractivity contribution < 1.29 is 33.2 Å². The first-order valence-corrected chi connectivity index (χ1v) is 15.1. The summed E-state index contributed by atoms with van der Waals surface area (Å²) in [6, 6.07) is 5.47. The standard InChI is InChI=1S/C31H49NO7/c1-5-6-7-8-9-10-11-12-13-14-19-34-21-31-29(38-30(3,4)39-31)28(23(2)37-31)32-27(33)18-16-24-15-17-25-26(20-24)36-22-35-25/h15,17,20,23,28-29H,5-14,16,18-19,21-22H2,1-4H3,(H,32,33)/t23-,28?,29+,31-/m0/s1. The molecule has 3 aliphatic rings. The fourth-order valence-electron chi connectivity index (χ4n) is 5.82. The molecule has 1 amide bonds. The van der Waals surface area contributed by atoms with Crippen LogP contribution < -0.4 is 14.8 Å². The lowest BCUT2D eigenvalue weighted by atomic mass is 10.0. The van der Waals surface area contributed by atoms with E-state index in [1.165, 1.54) is 57.8 Å². The molecule has 1 N–H and O–H groups in total. The Labute approximate surface area is 234 Å². The molecule has 1 aromatic carbocycles. The van der Waals surface area contributed by atoms with E-state index in [0.29, 0.717) is 19.4 Å². The van der Waals surface area contributed by atoms with E-state index in [2.05, 4.69) is 12.2 Å². The third-order valence-corrected chi connectivity index (χ3v) is 7.83. The Morgan fingerprint density at radius 3 is 2.41 bits per heavy atom. The number of aryl methyl sites for hydroxylation is 1. The molecule has 8 heteroatoms. The average Bonchev–Trinajstić information content (AvgIpc) is 3.53. The molecule has 3 aliphatic heterocycles. The lowest BCUT2D eigenvalue weighted by molar-refractivity contribution is -0.274. The molecule has 8 nitrogen and oxygen atoms in total. The monoisotopic (exact) mass is 547 g/mol. The zero-order valence-electron chi connectivity index (χ0n) is 24.4. The second-order valence-electron chi connectivity index (χ2n) is 11.7. The van der Waals surface area contributed by atoms with Crippen LogP contribution in [0.25, 0.3) is 0 Å². The van der Waals surface area contributed by atoms with Gasteiger partial charge in [-0.3, -0.25) is 4.79 Å². The van der Waals surface area contributed by atoms with Gasteiger partial charge in [-0.2, -0.15) is 0 Å². The van der Waals surface area contributed by atoms with Gasteiger partial charge in [0.25, 0.3) is 0 Å². The zero-order valence-corrected chi connectivity index (χ0v) is 24.4. The molecular formula is C31H49NO7. The largest absolute Gasteiger partial charge is 0.454 e. The second kappa shape index (κ2) is 14.2. The van der Waals surface area contributed by atoms with Gasteiger partial charge in [0.15, 0.2) is 17.3 Å². The minimum absolute atomic E-state index is 0.0523. The molecule has 0 bridgehead atoms. The average molecular weight is 548 g/mol. The van der Waals surface area contributed by atoms with Gasteiger partial charge in [0.05, 0.1) is 12.1 Å². The van der Waals surface area contributed by atoms with Crippen molar-refractivity contribution in [3.8, 4) is 11.5 Å². The quantitative estimate of drug-likeness (QED) is 0.238. The van der Waals surface area contributed by atoms with Gasteiger partial charge in [-0.05, 0) is 51.3 Å². The number of hydrogen-bond acceptors (Lipinski definition) is 7. The molecule has 0 spiro atoms. The molecular weight excluding hydrogens is 498 g/mol. The van der Waals surface area contributed by atoms with Gasteiger partial charge < -0.3 is 33.7 Å². The van der Waals surface area contributed by atoms with E-state index in [-0.39, 0.29) is 31.5 Å². The topological polar surface area (TPSA) is 84.5 Å². The molecule has 4 rings (SSSR count). The molecule has 4 atom stereocenters. The number of fused-ring (bicyclic) bond motifs is 2. The molecule has 0 aromatic heterocycles. The summed E-state index contributed by atoms with van der Waals surface area (Å²) in [7, 11) is 0. The summed E-state index contributed by atoms with van der Waals surface area (Å²) in [4.78, 5) is 12.9. The number of carbonyl (C=O) groups is 1. The molecule has 1 unspecified atom stereocenters. The number of ether oxygens (including phenoxy) is 6. The first kappa shape index (κ1) is 30.1. The van der Waals surface area contributed by atoms with Gasteiger partial charge >= 0.3 is 0 Å². The summed E-state index contributed by atoms with van der Waals surface area (Å²) in [5.41, 5.74) is 1.03. The van der Waals surface area contributed by atoms with E-state index in [1.54, 1.807) is 0 Å². The van der Waals surface area contributed by atoms with E-state index in [4.69, 9.17) is 28.4 Å². The number of hydrogen-bond donors (Lipinski definition) is 1. The highest BCUT2D eigenvalue weighted by molar-refractivity contribution is 5.76. The first-order valence-electron chi connectivity index (χ1n) is 15.1. The lowest BCUT2D eigenvalue weighted by Gasteiger charge is -2.28. The lowest BCUT2D eigenvalue weighted by Crippen LogP contribution is -2.50. The molecule has 2 saturated heterocycles. The van der Waals surface area contributed by atoms with Crippen molar-refractivity contribution in [2.24, 2.45) is 0 Å². The van der Waals surface area contributed by atoms with Gasteiger partial charge in [-0.1, -0.05) is 70.8 Å². The van der Waals surface area contributed by atoms with Gasteiger partial charge in [0.2, 0.25) is 18.5 Å². The number of benzene rings is 1. The summed E-state index contributed by atoms with van der Waals surface area (Å²) in [5.74, 6) is -0.416. The highest BCUT2D eigenvalue weighted by Crippen LogP contribution is 2.45. The minimum atomic E-state index is -1.02. The molecule has 220 valence electrons. The summed E-state index contributed by atoms with van der Waals surface area (Å²) in [5, 5.41) is 3.15. The highest BCUT2D eigenvalue weighted by Gasteiger charge is 2.64. The maximum absolute atomic E-state index is 12.9. The molecule has 0 aliphatic carbocycles. The second-order valence-corrected chi connectivity index (χ2v) is 11.7. The maximum Gasteiger partial charge on any atom is 0.231 e. The van der Waals surface area contributed by atoms with Crippen molar-refractivity contribution in [2.75, 3.05) is 20.0 Å². The van der Waals surface area contributed by atoms with Crippen LogP contribution in [0.4, 0.5) is 0 Å². The smallest absolute Gasteiger partial charge is 0.231 e. The number of nitrogens with one attached hydrogen (secondary N) is 1. The van der Waals surface area contributed by atoms with Crippen LogP contribution in [-0.4, -0.2) is 55.7 Å². The molecule has 2 fully saturated rings. The van der Waals surface area contributed by atoms with Crippen LogP contribution in [0, 0.1) is 0 Å². The first-order chi connectivity index (χ1) is 18.8. The maximum atomic E-state index is 12.9. The van der Waals surface area contributed by atoms with Crippen LogP contribution in [-0.2, 0) is 30.2 Å². The normalized spacial score (nSPS) is 26.6. The molecule has 1 aromatic rings. The van der Waals surface area contributed by atoms with Gasteiger partial charge in [-0.15, -0.1) is 0 Å². The third kappa shape index (κ3) is 8.32. The SMILES string of the molecule is CCCCCCCCCCCCOC[C@@]12O[C@@H](C)C(NC(=O)CCc3ccc4c(c3)OCO4)[C@H]1OC(C)(C)O2. The summed E-state index contributed by atoms with van der Waals surface area (Å²) < 4.78 is 35.7. The Bertz CT molecular complexity index is 922. The van der Waals surface area contributed by atoms with Crippen LogP contribution in [0.1, 0.15) is 104 Å². The predicted molar refractivity (Wildman–Crippen MR) is 149 cm³/mol. The fourth-order valence-corrected chi connectivity index (χ4v) is 5.82. The van der Waals surface area contributed by atoms with E-state index >= 15 is 0 Å². The number of amides is 1. The Hall–Kier alpha value is -1.87. The van der Waals surface area contributed by atoms with Crippen molar-refractivity contribution >= 4 is 5.91 Å². The minimum Gasteiger partial charge on any atom is -0.454 e. The van der Waals surface area contributed by atoms with Crippen LogP contribution in [0.2, 0.25) is 0 Å². The Morgan fingerprint density at radius 2 is 1.67 bits per heavy atom. The summed E-state index contributed by atoms with van der Waals surface area (Å²) >= 11 is 0. The van der Waals surface area contributed by atoms with Crippen LogP contribution in [0.5, 0.6) is 11.5 Å². The Morgan fingerprint density at radius 1 is 0.974 bits per heavy atom. The number of rotatable bonds is 17. The zero-order chi connectivity index (χ0) is 27.7. The van der Waals surface area contributed by atoms with Gasteiger partial charge in [-0.25, -0.2) is 0 Å². The molecule has 3 heterocycles. The van der Waals surface area contributed by atoms with Crippen molar-refractivity contribution in [2.45, 2.75) is 135 Å². The summed E-state index contributed by atoms with van der Waals surface area (Å²) in [6.07, 6.45) is 13.1. The van der Waals surface area contributed by atoms with E-state index in [1.807, 2.05) is 39.0 Å². The highest BCUT2D eigenvalue weighted by atomic mass is 16.9. The molecule has 0 radical (unpaired) electrons. The van der Waals surface area contributed by atoms with Crippen molar-refractivity contribution in [3.05, 3.63) is 23.8 Å². The Balaban J connectivity index is 1.18. The van der Waals surface area contributed by atoms with Gasteiger partial charge in [0, 0.05) is 13.0 Å². The van der Waals surface area contributed by atoms with E-state index in [0.717, 1.165) is 23.5 Å². The van der Waals surface area contributed by atoms with Crippen LogP contribution >= 0.6 is 0 Å². The molecule has 0 saturated carbocycles. The summed E-state index contributed by atoms with van der Waals surface area (Å²) in [6.45, 7) is 9.15. The fraction of sp³-hybridized carbons (Fsp3) is 0.774. The van der Waals surface area contributed by atoms with Crippen molar-refractivity contribution in [1.29, 1.82) is 0 Å². The number of unbranched alkanes of at least 4 members (excludes halogenated alkanes) is 9. The molecule has 39 heavy (non-hydrogen) atoms.